The quantitative estimate of drug-likeness (QED) is 0.297. The minimum Gasteiger partial charge on any atom is -0.492 e. The van der Waals surface area contributed by atoms with Crippen molar-refractivity contribution in [2.75, 3.05) is 43.0 Å². The third kappa shape index (κ3) is 8.42. The minimum absolute atomic E-state index is 0.212. The number of aromatic nitrogens is 2. The fraction of sp³-hybridized carbons (Fsp3) is 0.452. The van der Waals surface area contributed by atoms with E-state index in [0.717, 1.165) is 42.6 Å². The Morgan fingerprint density at radius 2 is 1.79 bits per heavy atom. The highest BCUT2D eigenvalue weighted by Crippen LogP contribution is 2.39. The average molecular weight is 596 g/mol. The molecule has 1 aliphatic heterocycles. The lowest BCUT2D eigenvalue weighted by Crippen LogP contribution is -2.21. The molecular weight excluding hydrogens is 554 g/mol. The number of aryl methyl sites for hydroxylation is 2. The molecule has 0 atom stereocenters. The van der Waals surface area contributed by atoms with Crippen LogP contribution in [0.15, 0.2) is 42.6 Å². The number of carbonyl (C=O) groups is 1. The number of anilines is 2. The second kappa shape index (κ2) is 13.1. The molecule has 42 heavy (non-hydrogen) atoms. The molecule has 1 fully saturated rings. The van der Waals surface area contributed by atoms with Gasteiger partial charge in [-0.2, -0.15) is 4.98 Å². The highest BCUT2D eigenvalue weighted by molar-refractivity contribution is 7.92. The van der Waals surface area contributed by atoms with E-state index < -0.39 is 15.9 Å². The van der Waals surface area contributed by atoms with Crippen LogP contribution < -0.4 is 19.5 Å². The Labute approximate surface area is 248 Å². The standard InChI is InChI=1S/C31H41N5O5S/c1-21-11-12-22(18-26(21)41-28-13-14-32-27(34-28)10-9-17-36-15-7-8-16-36)30(37)33-24-19-23(31(2,3)4)20-25(29(24)40-5)35-42(6,38)39/h11-14,18-20,35H,7-10,15-17H2,1-6H3,(H,33,37). The number of benzene rings is 2. The van der Waals surface area contributed by atoms with Crippen molar-refractivity contribution in [1.29, 1.82) is 0 Å². The molecule has 226 valence electrons. The number of nitrogens with one attached hydrogen (secondary N) is 2. The van der Waals surface area contributed by atoms with Crippen LogP contribution in [0.3, 0.4) is 0 Å². The first kappa shape index (κ1) is 31.2. The molecule has 1 aliphatic rings. The fourth-order valence-corrected chi connectivity index (χ4v) is 5.38. The second-order valence-corrected chi connectivity index (χ2v) is 13.5. The summed E-state index contributed by atoms with van der Waals surface area (Å²) in [5.74, 6) is 1.45. The zero-order valence-electron chi connectivity index (χ0n) is 25.3. The van der Waals surface area contributed by atoms with Gasteiger partial charge in [0.05, 0.1) is 24.7 Å². The topological polar surface area (TPSA) is 123 Å². The summed E-state index contributed by atoms with van der Waals surface area (Å²) in [6.45, 7) is 11.3. The molecular formula is C31H41N5O5S. The van der Waals surface area contributed by atoms with Crippen molar-refractivity contribution in [2.24, 2.45) is 0 Å². The summed E-state index contributed by atoms with van der Waals surface area (Å²) in [5, 5.41) is 2.90. The number of nitrogens with zero attached hydrogens (tertiary/aromatic N) is 3. The Hall–Kier alpha value is -3.70. The summed E-state index contributed by atoms with van der Waals surface area (Å²) in [7, 11) is -2.17. The molecule has 2 N–H and O–H groups in total. The van der Waals surface area contributed by atoms with Crippen LogP contribution in [0, 0.1) is 6.92 Å². The molecule has 10 nitrogen and oxygen atoms in total. The summed E-state index contributed by atoms with van der Waals surface area (Å²) < 4.78 is 38.3. The number of methoxy groups -OCH3 is 1. The number of ether oxygens (including phenoxy) is 2. The van der Waals surface area contributed by atoms with Gasteiger partial charge >= 0.3 is 0 Å². The summed E-state index contributed by atoms with van der Waals surface area (Å²) in [6.07, 6.45) is 7.05. The minimum atomic E-state index is -3.59. The number of amides is 1. The smallest absolute Gasteiger partial charge is 0.255 e. The van der Waals surface area contributed by atoms with Gasteiger partial charge in [0.25, 0.3) is 5.91 Å². The molecule has 0 radical (unpaired) electrons. The van der Waals surface area contributed by atoms with Gasteiger partial charge < -0.3 is 19.7 Å². The predicted molar refractivity (Wildman–Crippen MR) is 165 cm³/mol. The van der Waals surface area contributed by atoms with Crippen LogP contribution in [0.2, 0.25) is 0 Å². The number of sulfonamides is 1. The van der Waals surface area contributed by atoms with Crippen molar-refractivity contribution in [3.63, 3.8) is 0 Å². The van der Waals surface area contributed by atoms with Gasteiger partial charge in [-0.15, -0.1) is 0 Å². The van der Waals surface area contributed by atoms with Crippen LogP contribution in [0.5, 0.6) is 17.4 Å². The lowest BCUT2D eigenvalue weighted by molar-refractivity contribution is 0.102. The summed E-state index contributed by atoms with van der Waals surface area (Å²) in [6, 6.07) is 10.4. The van der Waals surface area contributed by atoms with E-state index in [2.05, 4.69) is 24.9 Å². The van der Waals surface area contributed by atoms with E-state index in [1.54, 1.807) is 36.5 Å². The van der Waals surface area contributed by atoms with E-state index in [-0.39, 0.29) is 16.9 Å². The van der Waals surface area contributed by atoms with Crippen molar-refractivity contribution < 1.29 is 22.7 Å². The Bertz CT molecular complexity index is 1530. The Kier molecular flexibility index (Phi) is 9.73. The van der Waals surface area contributed by atoms with Gasteiger partial charge in [0, 0.05) is 24.2 Å². The molecule has 0 bridgehead atoms. The lowest BCUT2D eigenvalue weighted by atomic mass is 9.86. The zero-order valence-corrected chi connectivity index (χ0v) is 26.1. The number of hydrogen-bond acceptors (Lipinski definition) is 8. The first-order chi connectivity index (χ1) is 19.8. The van der Waals surface area contributed by atoms with Gasteiger partial charge in [0.1, 0.15) is 11.6 Å². The number of likely N-dealkylation sites (tertiary alicyclic amines) is 1. The molecule has 3 aromatic rings. The van der Waals surface area contributed by atoms with Gasteiger partial charge in [0.15, 0.2) is 5.75 Å². The Morgan fingerprint density at radius 1 is 1.07 bits per heavy atom. The van der Waals surface area contributed by atoms with Crippen molar-refractivity contribution in [1.82, 2.24) is 14.9 Å². The van der Waals surface area contributed by atoms with Crippen molar-refractivity contribution in [3.8, 4) is 17.4 Å². The molecule has 2 aromatic carbocycles. The molecule has 2 heterocycles. The summed E-state index contributed by atoms with van der Waals surface area (Å²) >= 11 is 0. The van der Waals surface area contributed by atoms with Crippen LogP contribution in [-0.2, 0) is 21.9 Å². The van der Waals surface area contributed by atoms with E-state index in [1.807, 2.05) is 33.8 Å². The van der Waals surface area contributed by atoms with E-state index in [0.29, 0.717) is 22.9 Å². The maximum atomic E-state index is 13.4. The van der Waals surface area contributed by atoms with E-state index in [9.17, 15) is 13.2 Å². The largest absolute Gasteiger partial charge is 0.492 e. The zero-order chi connectivity index (χ0) is 30.5. The third-order valence-corrected chi connectivity index (χ3v) is 7.71. The lowest BCUT2D eigenvalue weighted by Gasteiger charge is -2.24. The van der Waals surface area contributed by atoms with Gasteiger partial charge in [-0.3, -0.25) is 9.52 Å². The van der Waals surface area contributed by atoms with Gasteiger partial charge in [-0.25, -0.2) is 13.4 Å². The maximum absolute atomic E-state index is 13.4. The first-order valence-electron chi connectivity index (χ1n) is 14.2. The van der Waals surface area contributed by atoms with Gasteiger partial charge in [0.2, 0.25) is 15.9 Å². The molecule has 1 saturated heterocycles. The van der Waals surface area contributed by atoms with Crippen molar-refractivity contribution in [2.45, 2.75) is 58.8 Å². The molecule has 4 rings (SSSR count). The van der Waals surface area contributed by atoms with E-state index in [4.69, 9.17) is 9.47 Å². The number of rotatable bonds is 11. The number of hydrogen-bond donors (Lipinski definition) is 2. The fourth-order valence-electron chi connectivity index (χ4n) is 4.83. The molecule has 0 saturated carbocycles. The van der Waals surface area contributed by atoms with Crippen LogP contribution >= 0.6 is 0 Å². The summed E-state index contributed by atoms with van der Waals surface area (Å²) in [5.41, 5.74) is 2.28. The second-order valence-electron chi connectivity index (χ2n) is 11.7. The third-order valence-electron chi connectivity index (χ3n) is 7.12. The number of carbonyl (C=O) groups excluding carboxylic acids is 1. The SMILES string of the molecule is COc1c(NC(=O)c2ccc(C)c(Oc3ccnc(CCCN4CCCC4)n3)c2)cc(C(C)(C)C)cc1NS(C)(=O)=O. The van der Waals surface area contributed by atoms with Crippen LogP contribution in [-0.4, -0.2) is 62.2 Å². The Morgan fingerprint density at radius 3 is 2.45 bits per heavy atom. The van der Waals surface area contributed by atoms with Gasteiger partial charge in [-0.1, -0.05) is 26.8 Å². The van der Waals surface area contributed by atoms with Crippen molar-refractivity contribution >= 4 is 27.3 Å². The predicted octanol–water partition coefficient (Wildman–Crippen LogP) is 5.54. The molecule has 1 amide bonds. The monoisotopic (exact) mass is 595 g/mol. The molecule has 0 aliphatic carbocycles. The highest BCUT2D eigenvalue weighted by Gasteiger charge is 2.23. The van der Waals surface area contributed by atoms with Gasteiger partial charge in [-0.05, 0) is 86.6 Å². The van der Waals surface area contributed by atoms with Crippen LogP contribution in [0.25, 0.3) is 0 Å². The van der Waals surface area contributed by atoms with Crippen LogP contribution in [0.1, 0.15) is 67.3 Å². The highest BCUT2D eigenvalue weighted by atomic mass is 32.2. The van der Waals surface area contributed by atoms with E-state index >= 15 is 0 Å². The molecule has 11 heteroatoms. The molecule has 0 spiro atoms. The average Bonchev–Trinajstić information content (AvgIpc) is 3.42. The van der Waals surface area contributed by atoms with Crippen molar-refractivity contribution in [3.05, 3.63) is 65.1 Å². The summed E-state index contributed by atoms with van der Waals surface area (Å²) in [4.78, 5) is 24.9. The molecule has 0 unspecified atom stereocenters. The molecule has 1 aromatic heterocycles. The van der Waals surface area contributed by atoms with E-state index in [1.165, 1.54) is 33.0 Å². The first-order valence-corrected chi connectivity index (χ1v) is 16.1. The maximum Gasteiger partial charge on any atom is 0.255 e. The normalized spacial score (nSPS) is 14.0. The van der Waals surface area contributed by atoms with Crippen LogP contribution in [0.4, 0.5) is 11.4 Å². The Balaban J connectivity index is 1.53.